The highest BCUT2D eigenvalue weighted by Crippen LogP contribution is 2.35. The summed E-state index contributed by atoms with van der Waals surface area (Å²) in [5, 5.41) is 2.20. The molecular weight excluding hydrogens is 532 g/mol. The fourth-order valence-electron chi connectivity index (χ4n) is 2.87. The summed E-state index contributed by atoms with van der Waals surface area (Å²) in [7, 11) is 1.46. The van der Waals surface area contributed by atoms with Gasteiger partial charge in [-0.3, -0.25) is 14.9 Å². The van der Waals surface area contributed by atoms with Crippen LogP contribution in [0.4, 0.5) is 10.5 Å². The summed E-state index contributed by atoms with van der Waals surface area (Å²) in [6.45, 7) is 1.88. The fourth-order valence-corrected chi connectivity index (χ4v) is 3.55. The number of terminal acetylenes is 1. The monoisotopic (exact) mass is 546 g/mol. The average molecular weight is 548 g/mol. The number of nitrogens with one attached hydrogen (secondary N) is 1. The van der Waals surface area contributed by atoms with E-state index in [2.05, 4.69) is 43.1 Å². The van der Waals surface area contributed by atoms with Crippen molar-refractivity contribution in [3.05, 3.63) is 56.0 Å². The molecule has 158 valence electrons. The quantitative estimate of drug-likeness (QED) is 0.344. The van der Waals surface area contributed by atoms with Crippen molar-refractivity contribution in [1.82, 2.24) is 5.32 Å². The molecule has 1 heterocycles. The Bertz CT molecular complexity index is 1170. The number of ether oxygens (including phenoxy) is 2. The Morgan fingerprint density at radius 2 is 1.87 bits per heavy atom. The summed E-state index contributed by atoms with van der Waals surface area (Å²) in [4.78, 5) is 38.8. The highest BCUT2D eigenvalue weighted by Gasteiger charge is 2.37. The Morgan fingerprint density at radius 3 is 2.52 bits per heavy atom. The molecule has 1 saturated heterocycles. The Kier molecular flexibility index (Phi) is 6.83. The van der Waals surface area contributed by atoms with E-state index in [1.54, 1.807) is 30.3 Å². The second-order valence-electron chi connectivity index (χ2n) is 6.41. The van der Waals surface area contributed by atoms with Gasteiger partial charge in [-0.25, -0.2) is 9.69 Å². The van der Waals surface area contributed by atoms with Crippen molar-refractivity contribution >= 4 is 61.5 Å². The number of urea groups is 1. The third-order valence-corrected chi connectivity index (χ3v) is 5.97. The first-order valence-electron chi connectivity index (χ1n) is 8.88. The number of benzene rings is 2. The van der Waals surface area contributed by atoms with Crippen molar-refractivity contribution in [2.24, 2.45) is 0 Å². The van der Waals surface area contributed by atoms with Gasteiger partial charge in [-0.15, -0.1) is 6.42 Å². The van der Waals surface area contributed by atoms with Crippen molar-refractivity contribution in [2.75, 3.05) is 18.6 Å². The number of carbonyl (C=O) groups is 3. The van der Waals surface area contributed by atoms with Gasteiger partial charge in [0.2, 0.25) is 0 Å². The molecule has 0 aliphatic carbocycles. The molecule has 1 N–H and O–H groups in total. The number of barbiturate groups is 1. The molecular formula is C22H16Br2N2O5. The predicted octanol–water partition coefficient (Wildman–Crippen LogP) is 4.21. The third-order valence-electron chi connectivity index (χ3n) is 4.40. The fraction of sp³-hybridized carbons (Fsp3) is 0.136. The molecule has 31 heavy (non-hydrogen) atoms. The maximum absolute atomic E-state index is 13.1. The van der Waals surface area contributed by atoms with Crippen LogP contribution in [0.15, 0.2) is 44.9 Å². The van der Waals surface area contributed by atoms with Crippen LogP contribution in [0.5, 0.6) is 11.5 Å². The molecule has 4 amide bonds. The molecule has 2 aromatic carbocycles. The molecule has 1 fully saturated rings. The third kappa shape index (κ3) is 4.65. The second kappa shape index (κ2) is 9.37. The van der Waals surface area contributed by atoms with Gasteiger partial charge in [0.25, 0.3) is 11.8 Å². The van der Waals surface area contributed by atoms with Gasteiger partial charge in [0.05, 0.1) is 12.8 Å². The van der Waals surface area contributed by atoms with Gasteiger partial charge in [-0.05, 0) is 54.5 Å². The zero-order chi connectivity index (χ0) is 22.7. The minimum absolute atomic E-state index is 0.0494. The molecule has 1 aliphatic heterocycles. The standard InChI is InChI=1S/C22H16Br2N2O5/c1-4-7-31-19-11-17(24)13(10-18(19)30-3)9-15-20(27)25-22(29)26(21(15)28)14-5-6-16(23)12(2)8-14/h1,5-6,8-11H,7H2,2-3H3,(H,25,27,29)/b15-9+. The molecule has 3 rings (SSSR count). The van der Waals surface area contributed by atoms with Crippen molar-refractivity contribution in [2.45, 2.75) is 6.92 Å². The minimum Gasteiger partial charge on any atom is -0.493 e. The lowest BCUT2D eigenvalue weighted by molar-refractivity contribution is -0.122. The van der Waals surface area contributed by atoms with E-state index in [9.17, 15) is 14.4 Å². The Hall–Kier alpha value is -3.09. The van der Waals surface area contributed by atoms with Gasteiger partial charge in [-0.2, -0.15) is 0 Å². The molecule has 0 bridgehead atoms. The first-order chi connectivity index (χ1) is 14.8. The van der Waals surface area contributed by atoms with Gasteiger partial charge in [0.15, 0.2) is 11.5 Å². The van der Waals surface area contributed by atoms with E-state index in [-0.39, 0.29) is 12.2 Å². The zero-order valence-corrected chi connectivity index (χ0v) is 19.7. The highest BCUT2D eigenvalue weighted by atomic mass is 79.9. The first-order valence-corrected chi connectivity index (χ1v) is 10.5. The van der Waals surface area contributed by atoms with Crippen LogP contribution in [-0.4, -0.2) is 31.6 Å². The number of halogens is 2. The topological polar surface area (TPSA) is 84.9 Å². The normalized spacial score (nSPS) is 15.0. The van der Waals surface area contributed by atoms with Crippen LogP contribution in [0.1, 0.15) is 11.1 Å². The molecule has 0 saturated carbocycles. The number of methoxy groups -OCH3 is 1. The van der Waals surface area contributed by atoms with Crippen molar-refractivity contribution < 1.29 is 23.9 Å². The van der Waals surface area contributed by atoms with Crippen LogP contribution in [-0.2, 0) is 9.59 Å². The van der Waals surface area contributed by atoms with E-state index < -0.39 is 17.8 Å². The highest BCUT2D eigenvalue weighted by molar-refractivity contribution is 9.10. The van der Waals surface area contributed by atoms with Crippen molar-refractivity contribution in [3.63, 3.8) is 0 Å². The summed E-state index contributed by atoms with van der Waals surface area (Å²) in [5.74, 6) is 1.60. The largest absolute Gasteiger partial charge is 0.493 e. The van der Waals surface area contributed by atoms with Gasteiger partial charge in [0, 0.05) is 8.95 Å². The molecule has 7 nitrogen and oxygen atoms in total. The molecule has 9 heteroatoms. The Balaban J connectivity index is 2.04. The Morgan fingerprint density at radius 1 is 1.13 bits per heavy atom. The number of imide groups is 2. The van der Waals surface area contributed by atoms with Crippen LogP contribution in [0.25, 0.3) is 6.08 Å². The lowest BCUT2D eigenvalue weighted by Gasteiger charge is -2.26. The average Bonchev–Trinajstić information content (AvgIpc) is 2.73. The molecule has 2 aromatic rings. The van der Waals surface area contributed by atoms with E-state index in [4.69, 9.17) is 15.9 Å². The van der Waals surface area contributed by atoms with E-state index in [1.165, 1.54) is 13.2 Å². The van der Waals surface area contributed by atoms with E-state index in [0.717, 1.165) is 14.9 Å². The number of nitrogens with zero attached hydrogens (tertiary/aromatic N) is 1. The summed E-state index contributed by atoms with van der Waals surface area (Å²) in [5.41, 5.74) is 1.44. The smallest absolute Gasteiger partial charge is 0.335 e. The van der Waals surface area contributed by atoms with Gasteiger partial charge in [0.1, 0.15) is 12.2 Å². The van der Waals surface area contributed by atoms with Crippen LogP contribution >= 0.6 is 31.9 Å². The molecule has 0 aromatic heterocycles. The molecule has 0 radical (unpaired) electrons. The van der Waals surface area contributed by atoms with E-state index in [0.29, 0.717) is 27.2 Å². The second-order valence-corrected chi connectivity index (χ2v) is 8.12. The maximum atomic E-state index is 13.1. The number of hydrogen-bond donors (Lipinski definition) is 1. The van der Waals surface area contributed by atoms with Crippen LogP contribution in [0.3, 0.4) is 0 Å². The Labute approximate surface area is 195 Å². The molecule has 0 atom stereocenters. The SMILES string of the molecule is C#CCOc1cc(Br)c(/C=C2\C(=O)NC(=O)N(c3ccc(Br)c(C)c3)C2=O)cc1OC. The summed E-state index contributed by atoms with van der Waals surface area (Å²) >= 11 is 6.78. The van der Waals surface area contributed by atoms with Crippen LogP contribution in [0.2, 0.25) is 0 Å². The number of amides is 4. The number of carbonyl (C=O) groups excluding carboxylic acids is 3. The molecule has 1 aliphatic rings. The van der Waals surface area contributed by atoms with Crippen molar-refractivity contribution in [3.8, 4) is 23.8 Å². The van der Waals surface area contributed by atoms with Crippen LogP contribution < -0.4 is 19.7 Å². The summed E-state index contributed by atoms with van der Waals surface area (Å²) in [6, 6.07) is 7.40. The van der Waals surface area contributed by atoms with E-state index in [1.807, 2.05) is 6.92 Å². The lowest BCUT2D eigenvalue weighted by Crippen LogP contribution is -2.54. The molecule has 0 unspecified atom stereocenters. The number of hydrogen-bond acceptors (Lipinski definition) is 5. The number of rotatable bonds is 5. The first kappa shape index (κ1) is 22.6. The lowest BCUT2D eigenvalue weighted by atomic mass is 10.1. The van der Waals surface area contributed by atoms with Crippen molar-refractivity contribution in [1.29, 1.82) is 0 Å². The van der Waals surface area contributed by atoms with Gasteiger partial charge >= 0.3 is 6.03 Å². The maximum Gasteiger partial charge on any atom is 0.335 e. The minimum atomic E-state index is -0.816. The van der Waals surface area contributed by atoms with E-state index >= 15 is 0 Å². The number of aryl methyl sites for hydroxylation is 1. The van der Waals surface area contributed by atoms with Crippen LogP contribution in [0, 0.1) is 19.3 Å². The van der Waals surface area contributed by atoms with Gasteiger partial charge in [-0.1, -0.05) is 37.8 Å². The van der Waals surface area contributed by atoms with Gasteiger partial charge < -0.3 is 9.47 Å². The number of anilines is 1. The summed E-state index contributed by atoms with van der Waals surface area (Å²) < 4.78 is 12.1. The zero-order valence-electron chi connectivity index (χ0n) is 16.5. The summed E-state index contributed by atoms with van der Waals surface area (Å²) in [6.07, 6.45) is 6.60. The predicted molar refractivity (Wildman–Crippen MR) is 123 cm³/mol. The molecule has 0 spiro atoms.